The lowest BCUT2D eigenvalue weighted by Gasteiger charge is -2.24. The van der Waals surface area contributed by atoms with Crippen LogP contribution in [0.15, 0.2) is 16.9 Å². The third-order valence-corrected chi connectivity index (χ3v) is 4.00. The highest BCUT2D eigenvalue weighted by atomic mass is 16.6. The van der Waals surface area contributed by atoms with Crippen LogP contribution in [0.2, 0.25) is 0 Å². The molecular weight excluding hydrogens is 334 g/mol. The van der Waals surface area contributed by atoms with Crippen LogP contribution >= 0.6 is 0 Å². The molecule has 4 N–H and O–H groups in total. The number of nitrogen functional groups attached to an aromatic ring is 1. The molecule has 3 heterocycles. The number of aromatic nitrogens is 6. The lowest BCUT2D eigenvalue weighted by Crippen LogP contribution is -2.33. The Morgan fingerprint density at radius 1 is 1.23 bits per heavy atom. The summed E-state index contributed by atoms with van der Waals surface area (Å²) in [6, 6.07) is 1.85. The quantitative estimate of drug-likeness (QED) is 0.523. The van der Waals surface area contributed by atoms with Crippen molar-refractivity contribution in [2.24, 2.45) is 12.9 Å². The number of nitrogens with two attached hydrogens (primary N) is 2. The summed E-state index contributed by atoms with van der Waals surface area (Å²) in [5, 5.41) is 13.3. The topological polar surface area (TPSA) is 138 Å². The van der Waals surface area contributed by atoms with Gasteiger partial charge >= 0.3 is 0 Å². The van der Waals surface area contributed by atoms with Crippen LogP contribution in [0.1, 0.15) is 38.0 Å². The molecule has 0 unspecified atom stereocenters. The van der Waals surface area contributed by atoms with E-state index in [1.54, 1.807) is 17.8 Å². The van der Waals surface area contributed by atoms with Crippen LogP contribution < -0.4 is 16.6 Å². The second-order valence-electron chi connectivity index (χ2n) is 7.15. The third-order valence-electron chi connectivity index (χ3n) is 4.00. The van der Waals surface area contributed by atoms with Gasteiger partial charge in [0.25, 0.3) is 0 Å². The van der Waals surface area contributed by atoms with Crippen LogP contribution in [0.25, 0.3) is 11.4 Å². The van der Waals surface area contributed by atoms with Crippen molar-refractivity contribution in [3.63, 3.8) is 0 Å². The van der Waals surface area contributed by atoms with Crippen molar-refractivity contribution in [2.45, 2.75) is 39.7 Å². The Kier molecular flexibility index (Phi) is 4.36. The molecule has 0 saturated carbocycles. The maximum Gasteiger partial charge on any atom is 0.170 e. The van der Waals surface area contributed by atoms with Gasteiger partial charge in [0.1, 0.15) is 28.6 Å². The average Bonchev–Trinajstić information content (AvgIpc) is 3.15. The van der Waals surface area contributed by atoms with Gasteiger partial charge < -0.3 is 5.73 Å². The van der Waals surface area contributed by atoms with Crippen molar-refractivity contribution in [3.05, 3.63) is 29.5 Å². The molecule has 0 atom stereocenters. The van der Waals surface area contributed by atoms with Gasteiger partial charge in [-0.3, -0.25) is 9.69 Å². The largest absolute Gasteiger partial charge is 0.394 e. The molecule has 3 aromatic rings. The fourth-order valence-electron chi connectivity index (χ4n) is 2.44. The minimum atomic E-state index is -0.290. The molecule has 0 radical (unpaired) electrons. The SMILES string of the molecule is Cc1nonc1CN(N)c1nc(C(C)(C)C)nc(-c2ccnn2C)c1N. The van der Waals surface area contributed by atoms with Crippen molar-refractivity contribution >= 4 is 11.5 Å². The number of aryl methyl sites for hydroxylation is 2. The monoisotopic (exact) mass is 357 g/mol. The first-order valence-corrected chi connectivity index (χ1v) is 8.15. The van der Waals surface area contributed by atoms with E-state index in [4.69, 9.17) is 16.2 Å². The van der Waals surface area contributed by atoms with Gasteiger partial charge in [0.2, 0.25) is 0 Å². The fraction of sp³-hybridized carbons (Fsp3) is 0.438. The molecule has 26 heavy (non-hydrogen) atoms. The molecule has 0 aromatic carbocycles. The van der Waals surface area contributed by atoms with Gasteiger partial charge in [-0.25, -0.2) is 20.4 Å². The van der Waals surface area contributed by atoms with Crippen LogP contribution in [0.4, 0.5) is 11.5 Å². The van der Waals surface area contributed by atoms with Crippen LogP contribution in [-0.2, 0) is 19.0 Å². The molecule has 138 valence electrons. The van der Waals surface area contributed by atoms with Crippen LogP contribution in [0.5, 0.6) is 0 Å². The molecule has 10 heteroatoms. The molecule has 0 fully saturated rings. The number of nitrogens with zero attached hydrogens (tertiary/aromatic N) is 7. The molecule has 3 aromatic heterocycles. The fourth-order valence-corrected chi connectivity index (χ4v) is 2.44. The lowest BCUT2D eigenvalue weighted by molar-refractivity contribution is 0.301. The van der Waals surface area contributed by atoms with Crippen molar-refractivity contribution in [2.75, 3.05) is 10.7 Å². The number of hydrogen-bond donors (Lipinski definition) is 2. The highest BCUT2D eigenvalue weighted by Gasteiger charge is 2.25. The maximum atomic E-state index is 6.38. The van der Waals surface area contributed by atoms with E-state index in [0.717, 1.165) is 5.69 Å². The molecule has 0 saturated heterocycles. The zero-order valence-electron chi connectivity index (χ0n) is 15.6. The van der Waals surface area contributed by atoms with Gasteiger partial charge in [-0.1, -0.05) is 31.1 Å². The Balaban J connectivity index is 2.12. The van der Waals surface area contributed by atoms with E-state index in [2.05, 4.69) is 25.4 Å². The highest BCUT2D eigenvalue weighted by molar-refractivity contribution is 5.79. The van der Waals surface area contributed by atoms with E-state index in [1.807, 2.05) is 33.9 Å². The standard InChI is InChI=1S/C16H23N9O/c1-9-10(23-26-22-9)8-25(18)14-12(17)13(11-6-7-19-24(11)5)20-15(21-14)16(2,3)4/h6-7H,8,17-18H2,1-5H3. The maximum absolute atomic E-state index is 6.38. The zero-order chi connectivity index (χ0) is 19.1. The van der Waals surface area contributed by atoms with Gasteiger partial charge in [0.05, 0.1) is 12.2 Å². The summed E-state index contributed by atoms with van der Waals surface area (Å²) in [7, 11) is 1.83. The Hall–Kier alpha value is -3.01. The lowest BCUT2D eigenvalue weighted by atomic mass is 9.95. The predicted molar refractivity (Wildman–Crippen MR) is 96.8 cm³/mol. The number of hydrazine groups is 1. The predicted octanol–water partition coefficient (Wildman–Crippen LogP) is 1.33. The summed E-state index contributed by atoms with van der Waals surface area (Å²) < 4.78 is 6.44. The number of rotatable bonds is 4. The summed E-state index contributed by atoms with van der Waals surface area (Å²) in [6.45, 7) is 8.14. The van der Waals surface area contributed by atoms with Gasteiger partial charge in [-0.15, -0.1) is 0 Å². The van der Waals surface area contributed by atoms with Crippen molar-refractivity contribution in [1.29, 1.82) is 0 Å². The average molecular weight is 357 g/mol. The van der Waals surface area contributed by atoms with Gasteiger partial charge in [0.15, 0.2) is 5.82 Å². The van der Waals surface area contributed by atoms with E-state index in [0.29, 0.717) is 34.4 Å². The Morgan fingerprint density at radius 3 is 2.50 bits per heavy atom. The van der Waals surface area contributed by atoms with E-state index < -0.39 is 0 Å². The van der Waals surface area contributed by atoms with Crippen LogP contribution in [-0.4, -0.2) is 30.1 Å². The molecule has 0 aliphatic rings. The van der Waals surface area contributed by atoms with Crippen molar-refractivity contribution < 1.29 is 4.63 Å². The highest BCUT2D eigenvalue weighted by Crippen LogP contribution is 2.33. The molecule has 10 nitrogen and oxygen atoms in total. The van der Waals surface area contributed by atoms with Gasteiger partial charge in [0, 0.05) is 18.7 Å². The Labute approximate surface area is 151 Å². The Bertz CT molecular complexity index is 922. The minimum absolute atomic E-state index is 0.255. The van der Waals surface area contributed by atoms with E-state index in [9.17, 15) is 0 Å². The molecule has 0 aliphatic heterocycles. The summed E-state index contributed by atoms with van der Waals surface area (Å²) in [5.41, 5.74) is 9.11. The second-order valence-corrected chi connectivity index (χ2v) is 7.15. The third kappa shape index (κ3) is 3.23. The number of hydrogen-bond acceptors (Lipinski definition) is 9. The van der Waals surface area contributed by atoms with E-state index in [1.165, 1.54) is 5.01 Å². The van der Waals surface area contributed by atoms with Crippen LogP contribution in [0.3, 0.4) is 0 Å². The molecule has 0 amide bonds. The zero-order valence-corrected chi connectivity index (χ0v) is 15.6. The smallest absolute Gasteiger partial charge is 0.170 e. The van der Waals surface area contributed by atoms with Crippen molar-refractivity contribution in [1.82, 2.24) is 30.1 Å². The summed E-state index contributed by atoms with van der Waals surface area (Å²) in [5.74, 6) is 7.31. The summed E-state index contributed by atoms with van der Waals surface area (Å²) in [4.78, 5) is 9.29. The summed E-state index contributed by atoms with van der Waals surface area (Å²) >= 11 is 0. The molecule has 0 spiro atoms. The van der Waals surface area contributed by atoms with Gasteiger partial charge in [-0.2, -0.15) is 5.10 Å². The van der Waals surface area contributed by atoms with Crippen LogP contribution in [0, 0.1) is 6.92 Å². The molecule has 0 bridgehead atoms. The van der Waals surface area contributed by atoms with E-state index in [-0.39, 0.29) is 12.0 Å². The number of anilines is 2. The minimum Gasteiger partial charge on any atom is -0.394 e. The molecule has 0 aliphatic carbocycles. The molecular formula is C16H23N9O. The first-order chi connectivity index (χ1) is 12.2. The van der Waals surface area contributed by atoms with E-state index >= 15 is 0 Å². The first kappa shape index (κ1) is 17.8. The summed E-state index contributed by atoms with van der Waals surface area (Å²) in [6.07, 6.45) is 1.69. The van der Waals surface area contributed by atoms with Crippen molar-refractivity contribution in [3.8, 4) is 11.4 Å². The first-order valence-electron chi connectivity index (χ1n) is 8.15. The second kappa shape index (κ2) is 6.37. The molecule has 3 rings (SSSR count). The van der Waals surface area contributed by atoms with Gasteiger partial charge in [-0.05, 0) is 13.0 Å². The normalized spacial score (nSPS) is 11.8. The Morgan fingerprint density at radius 2 is 1.96 bits per heavy atom.